The number of hydrogen-bond acceptors (Lipinski definition) is 2. The molecule has 1 aromatic carbocycles. The molecule has 0 heterocycles. The molecule has 0 bridgehead atoms. The van der Waals surface area contributed by atoms with Gasteiger partial charge in [-0.15, -0.1) is 0 Å². The first-order chi connectivity index (χ1) is 7.19. The minimum Gasteiger partial charge on any atom is -0.377 e. The fraction of sp³-hybridized carbons (Fsp3) is 0.500. The standard InChI is InChI=1S/C12H16FNO/c1-15-12(8-14)5-4-9-6-11(13)3-2-10(9)7-12/h2-3,6H,4-5,7-8,14H2,1H3. The van der Waals surface area contributed by atoms with E-state index in [9.17, 15) is 4.39 Å². The lowest BCUT2D eigenvalue weighted by atomic mass is 9.80. The zero-order chi connectivity index (χ0) is 10.9. The molecule has 1 aliphatic rings. The van der Waals surface area contributed by atoms with Gasteiger partial charge in [0.1, 0.15) is 5.82 Å². The van der Waals surface area contributed by atoms with Crippen LogP contribution in [0.4, 0.5) is 4.39 Å². The Balaban J connectivity index is 2.30. The molecule has 82 valence electrons. The van der Waals surface area contributed by atoms with E-state index in [2.05, 4.69) is 0 Å². The summed E-state index contributed by atoms with van der Waals surface area (Å²) in [5.74, 6) is -0.161. The Bertz CT molecular complexity index is 361. The zero-order valence-electron chi connectivity index (χ0n) is 8.92. The molecule has 0 fully saturated rings. The van der Waals surface area contributed by atoms with Crippen LogP contribution in [0.5, 0.6) is 0 Å². The van der Waals surface area contributed by atoms with Crippen molar-refractivity contribution in [1.82, 2.24) is 0 Å². The SMILES string of the molecule is COC1(CN)CCc2cc(F)ccc2C1. The van der Waals surface area contributed by atoms with Crippen LogP contribution in [0, 0.1) is 5.82 Å². The Morgan fingerprint density at radius 1 is 1.47 bits per heavy atom. The van der Waals surface area contributed by atoms with Gasteiger partial charge < -0.3 is 10.5 Å². The van der Waals surface area contributed by atoms with Gasteiger partial charge in [0.25, 0.3) is 0 Å². The summed E-state index contributed by atoms with van der Waals surface area (Å²) in [6.07, 6.45) is 2.50. The van der Waals surface area contributed by atoms with Crippen LogP contribution in [0.2, 0.25) is 0 Å². The van der Waals surface area contributed by atoms with Crippen LogP contribution in [-0.4, -0.2) is 19.3 Å². The number of ether oxygens (including phenoxy) is 1. The van der Waals surface area contributed by atoms with Crippen molar-refractivity contribution in [1.29, 1.82) is 0 Å². The molecular formula is C12H16FNO. The molecule has 1 aromatic rings. The van der Waals surface area contributed by atoms with E-state index in [4.69, 9.17) is 10.5 Å². The molecule has 0 radical (unpaired) electrons. The van der Waals surface area contributed by atoms with Gasteiger partial charge in [-0.1, -0.05) is 6.07 Å². The van der Waals surface area contributed by atoms with Gasteiger partial charge in [-0.05, 0) is 36.1 Å². The molecule has 1 unspecified atom stereocenters. The second-order valence-corrected chi connectivity index (χ2v) is 4.18. The number of halogens is 1. The highest BCUT2D eigenvalue weighted by Gasteiger charge is 2.33. The summed E-state index contributed by atoms with van der Waals surface area (Å²) in [6.45, 7) is 0.514. The van der Waals surface area contributed by atoms with Crippen molar-refractivity contribution in [2.24, 2.45) is 5.73 Å². The second-order valence-electron chi connectivity index (χ2n) is 4.18. The van der Waals surface area contributed by atoms with Crippen LogP contribution in [0.25, 0.3) is 0 Å². The van der Waals surface area contributed by atoms with Gasteiger partial charge in [-0.25, -0.2) is 4.39 Å². The van der Waals surface area contributed by atoms with Crippen molar-refractivity contribution >= 4 is 0 Å². The second kappa shape index (κ2) is 3.91. The summed E-state index contributed by atoms with van der Waals surface area (Å²) < 4.78 is 18.5. The van der Waals surface area contributed by atoms with E-state index in [1.807, 2.05) is 6.07 Å². The summed E-state index contributed by atoms with van der Waals surface area (Å²) in [5, 5.41) is 0. The van der Waals surface area contributed by atoms with Crippen molar-refractivity contribution in [3.05, 3.63) is 35.1 Å². The number of aryl methyl sites for hydroxylation is 1. The van der Waals surface area contributed by atoms with Gasteiger partial charge in [0.15, 0.2) is 0 Å². The summed E-state index contributed by atoms with van der Waals surface area (Å²) >= 11 is 0. The first-order valence-electron chi connectivity index (χ1n) is 5.22. The third-order valence-corrected chi connectivity index (χ3v) is 3.34. The molecule has 1 atom stereocenters. The van der Waals surface area contributed by atoms with Crippen LogP contribution in [0.3, 0.4) is 0 Å². The fourth-order valence-electron chi connectivity index (χ4n) is 2.23. The van der Waals surface area contributed by atoms with Crippen molar-refractivity contribution < 1.29 is 9.13 Å². The number of methoxy groups -OCH3 is 1. The molecule has 1 aliphatic carbocycles. The van der Waals surface area contributed by atoms with Crippen LogP contribution in [0.15, 0.2) is 18.2 Å². The van der Waals surface area contributed by atoms with E-state index >= 15 is 0 Å². The Labute approximate surface area is 89.2 Å². The Morgan fingerprint density at radius 3 is 2.93 bits per heavy atom. The van der Waals surface area contributed by atoms with Gasteiger partial charge in [-0.2, -0.15) is 0 Å². The van der Waals surface area contributed by atoms with Crippen LogP contribution >= 0.6 is 0 Å². The summed E-state index contributed by atoms with van der Waals surface area (Å²) in [6, 6.07) is 4.96. The summed E-state index contributed by atoms with van der Waals surface area (Å²) in [5.41, 5.74) is 7.75. The molecule has 0 spiro atoms. The quantitative estimate of drug-likeness (QED) is 0.804. The highest BCUT2D eigenvalue weighted by Crippen LogP contribution is 2.30. The average Bonchev–Trinajstić information content (AvgIpc) is 2.28. The highest BCUT2D eigenvalue weighted by molar-refractivity contribution is 5.32. The van der Waals surface area contributed by atoms with Crippen LogP contribution in [0.1, 0.15) is 17.5 Å². The predicted molar refractivity (Wildman–Crippen MR) is 57.2 cm³/mol. The van der Waals surface area contributed by atoms with E-state index in [1.54, 1.807) is 13.2 Å². The number of rotatable bonds is 2. The van der Waals surface area contributed by atoms with Gasteiger partial charge in [0.2, 0.25) is 0 Å². The van der Waals surface area contributed by atoms with Crippen molar-refractivity contribution in [3.8, 4) is 0 Å². The largest absolute Gasteiger partial charge is 0.377 e. The molecule has 0 amide bonds. The van der Waals surface area contributed by atoms with Crippen molar-refractivity contribution in [3.63, 3.8) is 0 Å². The van der Waals surface area contributed by atoms with E-state index < -0.39 is 0 Å². The fourth-order valence-corrected chi connectivity index (χ4v) is 2.23. The molecule has 3 heteroatoms. The van der Waals surface area contributed by atoms with Crippen molar-refractivity contribution in [2.75, 3.05) is 13.7 Å². The molecule has 2 rings (SSSR count). The summed E-state index contributed by atoms with van der Waals surface area (Å²) in [4.78, 5) is 0. The smallest absolute Gasteiger partial charge is 0.123 e. The Hall–Kier alpha value is -0.930. The molecule has 0 saturated heterocycles. The van der Waals surface area contributed by atoms with E-state index in [0.29, 0.717) is 6.54 Å². The van der Waals surface area contributed by atoms with Gasteiger partial charge in [0.05, 0.1) is 5.60 Å². The lowest BCUT2D eigenvalue weighted by Gasteiger charge is -2.36. The Kier molecular flexibility index (Phi) is 2.76. The van der Waals surface area contributed by atoms with Crippen molar-refractivity contribution in [2.45, 2.75) is 24.9 Å². The van der Waals surface area contributed by atoms with Crippen LogP contribution in [-0.2, 0) is 17.6 Å². The maximum atomic E-state index is 13.0. The lowest BCUT2D eigenvalue weighted by molar-refractivity contribution is -0.0135. The predicted octanol–water partition coefficient (Wildman–Crippen LogP) is 1.66. The molecule has 2 N–H and O–H groups in total. The molecular weight excluding hydrogens is 193 g/mol. The van der Waals surface area contributed by atoms with Gasteiger partial charge in [0, 0.05) is 20.1 Å². The monoisotopic (exact) mass is 209 g/mol. The number of nitrogens with two attached hydrogens (primary N) is 1. The number of fused-ring (bicyclic) bond motifs is 1. The maximum absolute atomic E-state index is 13.0. The zero-order valence-corrected chi connectivity index (χ0v) is 8.92. The maximum Gasteiger partial charge on any atom is 0.123 e. The molecule has 2 nitrogen and oxygen atoms in total. The average molecular weight is 209 g/mol. The van der Waals surface area contributed by atoms with Gasteiger partial charge in [-0.3, -0.25) is 0 Å². The van der Waals surface area contributed by atoms with E-state index in [-0.39, 0.29) is 11.4 Å². The first kappa shape index (κ1) is 10.6. The highest BCUT2D eigenvalue weighted by atomic mass is 19.1. The van der Waals surface area contributed by atoms with E-state index in [0.717, 1.165) is 30.4 Å². The number of benzene rings is 1. The molecule has 0 saturated carbocycles. The topological polar surface area (TPSA) is 35.2 Å². The molecule has 15 heavy (non-hydrogen) atoms. The Morgan fingerprint density at radius 2 is 2.27 bits per heavy atom. The number of hydrogen-bond donors (Lipinski definition) is 1. The summed E-state index contributed by atoms with van der Waals surface area (Å²) in [7, 11) is 1.70. The van der Waals surface area contributed by atoms with Gasteiger partial charge >= 0.3 is 0 Å². The van der Waals surface area contributed by atoms with Crippen LogP contribution < -0.4 is 5.73 Å². The molecule has 0 aromatic heterocycles. The third-order valence-electron chi connectivity index (χ3n) is 3.34. The van der Waals surface area contributed by atoms with E-state index in [1.165, 1.54) is 6.07 Å². The molecule has 0 aliphatic heterocycles. The first-order valence-corrected chi connectivity index (χ1v) is 5.22. The third kappa shape index (κ3) is 1.90. The lowest BCUT2D eigenvalue weighted by Crippen LogP contribution is -2.44. The minimum atomic E-state index is -0.245. The normalized spacial score (nSPS) is 25.0. The minimum absolute atomic E-state index is 0.161.